The Morgan fingerprint density at radius 3 is 2.65 bits per heavy atom. The van der Waals surface area contributed by atoms with E-state index < -0.39 is 5.91 Å². The fourth-order valence-electron chi connectivity index (χ4n) is 2.26. The molecule has 3 rings (SSSR count). The third kappa shape index (κ3) is 3.42. The van der Waals surface area contributed by atoms with Gasteiger partial charge in [0.15, 0.2) is 11.5 Å². The predicted octanol–water partition coefficient (Wildman–Crippen LogP) is 1.73. The van der Waals surface area contributed by atoms with Crippen LogP contribution in [0.25, 0.3) is 0 Å². The number of benzene rings is 2. The molecule has 0 spiro atoms. The molecule has 2 N–H and O–H groups in total. The van der Waals surface area contributed by atoms with Crippen LogP contribution in [0.4, 0.5) is 0 Å². The summed E-state index contributed by atoms with van der Waals surface area (Å²) in [5.41, 5.74) is 7.14. The Balaban J connectivity index is 1.56. The average molecular weight is 312 g/mol. The lowest BCUT2D eigenvalue weighted by Gasteiger charge is -2.09. The van der Waals surface area contributed by atoms with Crippen molar-refractivity contribution in [3.8, 4) is 11.5 Å². The van der Waals surface area contributed by atoms with E-state index in [2.05, 4.69) is 10.9 Å². The third-order valence-corrected chi connectivity index (χ3v) is 3.56. The van der Waals surface area contributed by atoms with Crippen molar-refractivity contribution in [3.63, 3.8) is 0 Å². The minimum Gasteiger partial charge on any atom is -0.454 e. The molecule has 1 aliphatic heterocycles. The van der Waals surface area contributed by atoms with Crippen molar-refractivity contribution >= 4 is 11.8 Å². The lowest BCUT2D eigenvalue weighted by molar-refractivity contribution is -0.121. The van der Waals surface area contributed by atoms with E-state index in [9.17, 15) is 9.59 Å². The molecule has 0 unspecified atom stereocenters. The number of amides is 2. The first-order valence-electron chi connectivity index (χ1n) is 7.17. The minimum atomic E-state index is -0.415. The molecule has 0 atom stereocenters. The molecule has 0 aromatic heterocycles. The van der Waals surface area contributed by atoms with Crippen molar-refractivity contribution in [2.45, 2.75) is 13.3 Å². The Bertz CT molecular complexity index is 758. The average Bonchev–Trinajstić information content (AvgIpc) is 3.02. The van der Waals surface area contributed by atoms with Crippen LogP contribution in [-0.4, -0.2) is 18.6 Å². The van der Waals surface area contributed by atoms with Crippen LogP contribution in [0.3, 0.4) is 0 Å². The van der Waals surface area contributed by atoms with Gasteiger partial charge in [0.1, 0.15) is 0 Å². The van der Waals surface area contributed by atoms with E-state index in [1.807, 2.05) is 31.2 Å². The van der Waals surface area contributed by atoms with E-state index in [0.717, 1.165) is 11.1 Å². The quantitative estimate of drug-likeness (QED) is 0.846. The lowest BCUT2D eigenvalue weighted by Crippen LogP contribution is -2.42. The molecule has 1 heterocycles. The first-order chi connectivity index (χ1) is 11.1. The first-order valence-corrected chi connectivity index (χ1v) is 7.17. The summed E-state index contributed by atoms with van der Waals surface area (Å²) in [6, 6.07) is 12.5. The zero-order chi connectivity index (χ0) is 16.2. The van der Waals surface area contributed by atoms with E-state index in [4.69, 9.17) is 9.47 Å². The second kappa shape index (κ2) is 6.39. The van der Waals surface area contributed by atoms with Gasteiger partial charge in [0.25, 0.3) is 5.91 Å². The molecule has 0 saturated carbocycles. The highest BCUT2D eigenvalue weighted by atomic mass is 16.7. The Kier molecular flexibility index (Phi) is 4.14. The van der Waals surface area contributed by atoms with Crippen LogP contribution in [0.15, 0.2) is 42.5 Å². The number of fused-ring (bicyclic) bond motifs is 1. The van der Waals surface area contributed by atoms with Crippen LogP contribution < -0.4 is 20.3 Å². The molecule has 0 aliphatic carbocycles. The van der Waals surface area contributed by atoms with Gasteiger partial charge in [-0.05, 0) is 36.2 Å². The van der Waals surface area contributed by atoms with Gasteiger partial charge in [-0.2, -0.15) is 0 Å². The Labute approximate surface area is 133 Å². The summed E-state index contributed by atoms with van der Waals surface area (Å²) in [5.74, 6) is 0.420. The van der Waals surface area contributed by atoms with E-state index >= 15 is 0 Å². The monoisotopic (exact) mass is 312 g/mol. The predicted molar refractivity (Wildman–Crippen MR) is 83.1 cm³/mol. The van der Waals surface area contributed by atoms with E-state index in [0.29, 0.717) is 17.1 Å². The highest BCUT2D eigenvalue weighted by Gasteiger charge is 2.16. The van der Waals surface area contributed by atoms with Crippen LogP contribution >= 0.6 is 0 Å². The van der Waals surface area contributed by atoms with Crippen LogP contribution in [0.2, 0.25) is 0 Å². The van der Waals surface area contributed by atoms with Gasteiger partial charge in [-0.25, -0.2) is 0 Å². The molecule has 0 saturated heterocycles. The standard InChI is InChI=1S/C17H16N2O4/c1-11-4-2-3-5-12(11)9-16(20)18-19-17(21)13-6-7-14-15(8-13)23-10-22-14/h2-8H,9-10H2,1H3,(H,18,20)(H,19,21). The normalized spacial score (nSPS) is 11.9. The summed E-state index contributed by atoms with van der Waals surface area (Å²) in [4.78, 5) is 24.0. The second-order valence-corrected chi connectivity index (χ2v) is 5.17. The highest BCUT2D eigenvalue weighted by molar-refractivity contribution is 5.96. The number of carbonyl (C=O) groups excluding carboxylic acids is 2. The number of hydrazine groups is 1. The largest absolute Gasteiger partial charge is 0.454 e. The summed E-state index contributed by atoms with van der Waals surface area (Å²) in [5, 5.41) is 0. The smallest absolute Gasteiger partial charge is 0.269 e. The maximum Gasteiger partial charge on any atom is 0.269 e. The summed E-state index contributed by atoms with van der Waals surface area (Å²) in [6.07, 6.45) is 0.202. The van der Waals surface area contributed by atoms with Crippen LogP contribution in [0.5, 0.6) is 11.5 Å². The van der Waals surface area contributed by atoms with Crippen molar-refractivity contribution in [3.05, 3.63) is 59.2 Å². The Morgan fingerprint density at radius 2 is 1.83 bits per heavy atom. The van der Waals surface area contributed by atoms with Crippen molar-refractivity contribution in [2.24, 2.45) is 0 Å². The fraction of sp³-hybridized carbons (Fsp3) is 0.176. The number of nitrogens with one attached hydrogen (secondary N) is 2. The molecule has 23 heavy (non-hydrogen) atoms. The summed E-state index contributed by atoms with van der Waals surface area (Å²) < 4.78 is 10.4. The van der Waals surface area contributed by atoms with E-state index in [1.165, 1.54) is 0 Å². The molecule has 118 valence electrons. The molecule has 1 aliphatic rings. The zero-order valence-electron chi connectivity index (χ0n) is 12.6. The van der Waals surface area contributed by atoms with Gasteiger partial charge in [-0.15, -0.1) is 0 Å². The number of hydrogen-bond donors (Lipinski definition) is 2. The summed E-state index contributed by atoms with van der Waals surface area (Å²) in [7, 11) is 0. The van der Waals surface area contributed by atoms with Gasteiger partial charge >= 0.3 is 0 Å². The number of rotatable bonds is 3. The topological polar surface area (TPSA) is 76.7 Å². The van der Waals surface area contributed by atoms with Crippen molar-refractivity contribution < 1.29 is 19.1 Å². The van der Waals surface area contributed by atoms with Crippen LogP contribution in [-0.2, 0) is 11.2 Å². The summed E-state index contributed by atoms with van der Waals surface area (Å²) in [6.45, 7) is 2.08. The molecule has 2 aromatic carbocycles. The third-order valence-electron chi connectivity index (χ3n) is 3.56. The van der Waals surface area contributed by atoms with Crippen LogP contribution in [0.1, 0.15) is 21.5 Å². The number of hydrogen-bond acceptors (Lipinski definition) is 4. The lowest BCUT2D eigenvalue weighted by atomic mass is 10.1. The SMILES string of the molecule is Cc1ccccc1CC(=O)NNC(=O)c1ccc2c(c1)OCO2. The molecule has 2 amide bonds. The van der Waals surface area contributed by atoms with Gasteiger partial charge < -0.3 is 9.47 Å². The second-order valence-electron chi connectivity index (χ2n) is 5.17. The molecule has 2 aromatic rings. The van der Waals surface area contributed by atoms with E-state index in [-0.39, 0.29) is 19.1 Å². The molecule has 0 bridgehead atoms. The molecule has 6 nitrogen and oxygen atoms in total. The molecular weight excluding hydrogens is 296 g/mol. The van der Waals surface area contributed by atoms with E-state index in [1.54, 1.807) is 18.2 Å². The highest BCUT2D eigenvalue weighted by Crippen LogP contribution is 2.32. The Morgan fingerprint density at radius 1 is 1.04 bits per heavy atom. The number of ether oxygens (including phenoxy) is 2. The van der Waals surface area contributed by atoms with Gasteiger partial charge in [0.05, 0.1) is 6.42 Å². The maximum absolute atomic E-state index is 12.0. The molecule has 0 fully saturated rings. The van der Waals surface area contributed by atoms with Crippen molar-refractivity contribution in [1.29, 1.82) is 0 Å². The maximum atomic E-state index is 12.0. The number of carbonyl (C=O) groups is 2. The first kappa shape index (κ1) is 14.9. The van der Waals surface area contributed by atoms with Gasteiger partial charge in [-0.3, -0.25) is 20.4 Å². The van der Waals surface area contributed by atoms with Gasteiger partial charge in [-0.1, -0.05) is 24.3 Å². The number of aryl methyl sites for hydroxylation is 1. The minimum absolute atomic E-state index is 0.146. The Hall–Kier alpha value is -3.02. The zero-order valence-corrected chi connectivity index (χ0v) is 12.6. The fourth-order valence-corrected chi connectivity index (χ4v) is 2.26. The van der Waals surface area contributed by atoms with Gasteiger partial charge in [0, 0.05) is 5.56 Å². The van der Waals surface area contributed by atoms with Gasteiger partial charge in [0.2, 0.25) is 12.7 Å². The summed E-state index contributed by atoms with van der Waals surface area (Å²) >= 11 is 0. The molecule has 6 heteroatoms. The van der Waals surface area contributed by atoms with Crippen LogP contribution in [0, 0.1) is 6.92 Å². The molecule has 0 radical (unpaired) electrons. The molecular formula is C17H16N2O4. The van der Waals surface area contributed by atoms with Crippen molar-refractivity contribution in [1.82, 2.24) is 10.9 Å². The van der Waals surface area contributed by atoms with Crippen molar-refractivity contribution in [2.75, 3.05) is 6.79 Å².